The first-order chi connectivity index (χ1) is 6.13. The second-order valence-corrected chi connectivity index (χ2v) is 4.56. The zero-order valence-electron chi connectivity index (χ0n) is 9.51. The molecule has 1 aliphatic heterocycles. The van der Waals surface area contributed by atoms with Crippen molar-refractivity contribution < 1.29 is 0 Å². The van der Waals surface area contributed by atoms with Crippen LogP contribution in [0.4, 0.5) is 0 Å². The third-order valence-corrected chi connectivity index (χ3v) is 3.00. The Kier molecular flexibility index (Phi) is 4.20. The average Bonchev–Trinajstić information content (AvgIpc) is 2.50. The molecule has 2 atom stereocenters. The molecular formula is C11H24N2. The van der Waals surface area contributed by atoms with Crippen LogP contribution in [0.1, 0.15) is 40.5 Å². The topological polar surface area (TPSA) is 15.3 Å². The second kappa shape index (κ2) is 4.97. The maximum atomic E-state index is 3.61. The third-order valence-electron chi connectivity index (χ3n) is 3.00. The van der Waals surface area contributed by atoms with Gasteiger partial charge < -0.3 is 5.32 Å². The van der Waals surface area contributed by atoms with Gasteiger partial charge in [-0.3, -0.25) is 4.90 Å². The number of hydrogen-bond acceptors (Lipinski definition) is 2. The van der Waals surface area contributed by atoms with E-state index in [0.29, 0.717) is 6.04 Å². The van der Waals surface area contributed by atoms with Crippen molar-refractivity contribution in [3.8, 4) is 0 Å². The zero-order chi connectivity index (χ0) is 9.84. The van der Waals surface area contributed by atoms with E-state index in [9.17, 15) is 0 Å². The number of hydrogen-bond donors (Lipinski definition) is 1. The van der Waals surface area contributed by atoms with Crippen LogP contribution < -0.4 is 5.32 Å². The van der Waals surface area contributed by atoms with Crippen LogP contribution in [-0.2, 0) is 0 Å². The fourth-order valence-electron chi connectivity index (χ4n) is 2.05. The lowest BCUT2D eigenvalue weighted by Gasteiger charge is -2.23. The molecule has 1 rings (SSSR count). The lowest BCUT2D eigenvalue weighted by atomic mass is 10.2. The molecule has 0 aromatic rings. The zero-order valence-corrected chi connectivity index (χ0v) is 9.51. The normalized spacial score (nSPS) is 27.0. The highest BCUT2D eigenvalue weighted by Gasteiger charge is 2.24. The molecule has 0 aromatic heterocycles. The monoisotopic (exact) mass is 184 g/mol. The van der Waals surface area contributed by atoms with Crippen molar-refractivity contribution in [3.63, 3.8) is 0 Å². The highest BCUT2D eigenvalue weighted by molar-refractivity contribution is 4.84. The molecule has 2 heteroatoms. The first kappa shape index (κ1) is 11.0. The molecule has 0 aliphatic carbocycles. The smallest absolute Gasteiger partial charge is 0.0209 e. The minimum absolute atomic E-state index is 0.627. The summed E-state index contributed by atoms with van der Waals surface area (Å²) in [5.74, 6) is 0. The standard InChI is InChI=1S/C11H24N2/c1-5-10(4)13-7-6-11(8-13)12-9(2)3/h9-12H,5-8H2,1-4H3. The Morgan fingerprint density at radius 1 is 1.38 bits per heavy atom. The molecule has 0 spiro atoms. The summed E-state index contributed by atoms with van der Waals surface area (Å²) in [6, 6.07) is 2.12. The predicted octanol–water partition coefficient (Wildman–Crippen LogP) is 1.86. The number of nitrogens with zero attached hydrogens (tertiary/aromatic N) is 1. The Morgan fingerprint density at radius 3 is 2.62 bits per heavy atom. The van der Waals surface area contributed by atoms with E-state index in [2.05, 4.69) is 37.9 Å². The minimum Gasteiger partial charge on any atom is -0.310 e. The summed E-state index contributed by atoms with van der Waals surface area (Å²) in [6.07, 6.45) is 2.59. The van der Waals surface area contributed by atoms with E-state index in [1.807, 2.05) is 0 Å². The molecule has 13 heavy (non-hydrogen) atoms. The minimum atomic E-state index is 0.627. The van der Waals surface area contributed by atoms with E-state index < -0.39 is 0 Å². The van der Waals surface area contributed by atoms with Crippen LogP contribution in [0.15, 0.2) is 0 Å². The van der Waals surface area contributed by atoms with Crippen molar-refractivity contribution in [3.05, 3.63) is 0 Å². The molecule has 2 unspecified atom stereocenters. The van der Waals surface area contributed by atoms with Gasteiger partial charge in [0.2, 0.25) is 0 Å². The van der Waals surface area contributed by atoms with Crippen molar-refractivity contribution in [1.82, 2.24) is 10.2 Å². The Morgan fingerprint density at radius 2 is 2.08 bits per heavy atom. The molecule has 1 N–H and O–H groups in total. The van der Waals surface area contributed by atoms with E-state index >= 15 is 0 Å². The van der Waals surface area contributed by atoms with Gasteiger partial charge in [0, 0.05) is 31.2 Å². The highest BCUT2D eigenvalue weighted by atomic mass is 15.2. The lowest BCUT2D eigenvalue weighted by Crippen LogP contribution is -2.38. The number of likely N-dealkylation sites (tertiary alicyclic amines) is 1. The van der Waals surface area contributed by atoms with Crippen molar-refractivity contribution in [2.45, 2.75) is 58.7 Å². The van der Waals surface area contributed by atoms with Crippen LogP contribution in [-0.4, -0.2) is 36.1 Å². The molecular weight excluding hydrogens is 160 g/mol. The van der Waals surface area contributed by atoms with Crippen LogP contribution in [0.3, 0.4) is 0 Å². The van der Waals surface area contributed by atoms with Gasteiger partial charge in [-0.1, -0.05) is 20.8 Å². The van der Waals surface area contributed by atoms with Gasteiger partial charge >= 0.3 is 0 Å². The molecule has 0 amide bonds. The highest BCUT2D eigenvalue weighted by Crippen LogP contribution is 2.14. The molecule has 78 valence electrons. The van der Waals surface area contributed by atoms with Gasteiger partial charge in [-0.25, -0.2) is 0 Å². The fourth-order valence-corrected chi connectivity index (χ4v) is 2.05. The largest absolute Gasteiger partial charge is 0.310 e. The summed E-state index contributed by atoms with van der Waals surface area (Å²) >= 11 is 0. The van der Waals surface area contributed by atoms with Gasteiger partial charge in [0.1, 0.15) is 0 Å². The summed E-state index contributed by atoms with van der Waals surface area (Å²) in [6.45, 7) is 11.6. The summed E-state index contributed by atoms with van der Waals surface area (Å²) in [7, 11) is 0. The van der Waals surface area contributed by atoms with E-state index in [-0.39, 0.29) is 0 Å². The predicted molar refractivity (Wildman–Crippen MR) is 58.0 cm³/mol. The van der Waals surface area contributed by atoms with Gasteiger partial charge in [-0.15, -0.1) is 0 Å². The Labute approximate surface area is 82.7 Å². The molecule has 1 fully saturated rings. The van der Waals surface area contributed by atoms with Gasteiger partial charge in [-0.05, 0) is 19.8 Å². The summed E-state index contributed by atoms with van der Waals surface area (Å²) in [4.78, 5) is 2.60. The molecule has 0 bridgehead atoms. The molecule has 1 aliphatic rings. The lowest BCUT2D eigenvalue weighted by molar-refractivity contribution is 0.245. The third kappa shape index (κ3) is 3.28. The first-order valence-corrected chi connectivity index (χ1v) is 5.63. The van der Waals surface area contributed by atoms with Crippen LogP contribution >= 0.6 is 0 Å². The van der Waals surface area contributed by atoms with E-state index in [1.54, 1.807) is 0 Å². The first-order valence-electron chi connectivity index (χ1n) is 5.63. The van der Waals surface area contributed by atoms with Gasteiger partial charge in [0.25, 0.3) is 0 Å². The molecule has 2 nitrogen and oxygen atoms in total. The molecule has 0 radical (unpaired) electrons. The van der Waals surface area contributed by atoms with Crippen molar-refractivity contribution in [2.24, 2.45) is 0 Å². The van der Waals surface area contributed by atoms with Crippen molar-refractivity contribution in [2.75, 3.05) is 13.1 Å². The van der Waals surface area contributed by atoms with Crippen molar-refractivity contribution >= 4 is 0 Å². The maximum absolute atomic E-state index is 3.61. The average molecular weight is 184 g/mol. The quantitative estimate of drug-likeness (QED) is 0.717. The van der Waals surface area contributed by atoms with Crippen LogP contribution in [0, 0.1) is 0 Å². The molecule has 0 saturated carbocycles. The van der Waals surface area contributed by atoms with Gasteiger partial charge in [0.15, 0.2) is 0 Å². The second-order valence-electron chi connectivity index (χ2n) is 4.56. The summed E-state index contributed by atoms with van der Waals surface area (Å²) in [5.41, 5.74) is 0. The molecule has 1 heterocycles. The van der Waals surface area contributed by atoms with Gasteiger partial charge in [0.05, 0.1) is 0 Å². The SMILES string of the molecule is CCC(C)N1CCC(NC(C)C)C1. The Bertz CT molecular complexity index is 145. The fraction of sp³-hybridized carbons (Fsp3) is 1.00. The summed E-state index contributed by atoms with van der Waals surface area (Å²) < 4.78 is 0. The number of nitrogens with one attached hydrogen (secondary N) is 1. The van der Waals surface area contributed by atoms with Crippen molar-refractivity contribution in [1.29, 1.82) is 0 Å². The van der Waals surface area contributed by atoms with E-state index in [4.69, 9.17) is 0 Å². The maximum Gasteiger partial charge on any atom is 0.0209 e. The Balaban J connectivity index is 2.27. The number of rotatable bonds is 4. The van der Waals surface area contributed by atoms with Crippen LogP contribution in [0.25, 0.3) is 0 Å². The molecule has 1 saturated heterocycles. The van der Waals surface area contributed by atoms with E-state index in [0.717, 1.165) is 12.1 Å². The summed E-state index contributed by atoms with van der Waals surface area (Å²) in [5, 5.41) is 3.61. The van der Waals surface area contributed by atoms with E-state index in [1.165, 1.54) is 25.9 Å². The molecule has 0 aromatic carbocycles. The van der Waals surface area contributed by atoms with Crippen LogP contribution in [0.2, 0.25) is 0 Å². The van der Waals surface area contributed by atoms with Crippen LogP contribution in [0.5, 0.6) is 0 Å². The Hall–Kier alpha value is -0.0800. The van der Waals surface area contributed by atoms with Gasteiger partial charge in [-0.2, -0.15) is 0 Å².